The lowest BCUT2D eigenvalue weighted by atomic mass is 10.2. The first kappa shape index (κ1) is 18.8. The highest BCUT2D eigenvalue weighted by atomic mass is 32.1. The molecular weight excluding hydrogens is 375 g/mol. The van der Waals surface area contributed by atoms with E-state index < -0.39 is 12.0 Å². The van der Waals surface area contributed by atoms with Crippen molar-refractivity contribution in [1.29, 1.82) is 0 Å². The van der Waals surface area contributed by atoms with Crippen molar-refractivity contribution < 1.29 is 23.9 Å². The van der Waals surface area contributed by atoms with Crippen LogP contribution in [0.25, 0.3) is 0 Å². The van der Waals surface area contributed by atoms with E-state index in [9.17, 15) is 18.8 Å². The van der Waals surface area contributed by atoms with Gasteiger partial charge in [0, 0.05) is 19.6 Å². The number of nitrogens with zero attached hydrogens (tertiary/aromatic N) is 3. The maximum absolute atomic E-state index is 12.9. The molecule has 10 heteroatoms. The number of rotatable bonds is 6. The van der Waals surface area contributed by atoms with E-state index in [1.165, 1.54) is 21.9 Å². The van der Waals surface area contributed by atoms with Crippen molar-refractivity contribution in [3.05, 3.63) is 46.2 Å². The Labute approximate surface area is 158 Å². The third-order valence-electron chi connectivity index (χ3n) is 4.04. The van der Waals surface area contributed by atoms with E-state index in [-0.39, 0.29) is 29.7 Å². The number of aromatic nitrogens is 1. The fourth-order valence-corrected chi connectivity index (χ4v) is 3.56. The van der Waals surface area contributed by atoms with E-state index in [2.05, 4.69) is 10.3 Å². The molecule has 1 fully saturated rings. The number of benzene rings is 1. The number of hydrogen-bond donors (Lipinski definition) is 2. The van der Waals surface area contributed by atoms with Crippen LogP contribution in [0.2, 0.25) is 0 Å². The molecule has 0 bridgehead atoms. The van der Waals surface area contributed by atoms with Gasteiger partial charge in [0.25, 0.3) is 0 Å². The quantitative estimate of drug-likeness (QED) is 0.781. The Bertz CT molecular complexity index is 884. The second-order valence-electron chi connectivity index (χ2n) is 5.98. The van der Waals surface area contributed by atoms with Crippen LogP contribution in [0.4, 0.5) is 14.3 Å². The van der Waals surface area contributed by atoms with Gasteiger partial charge in [-0.2, -0.15) is 0 Å². The Morgan fingerprint density at radius 1 is 1.30 bits per heavy atom. The van der Waals surface area contributed by atoms with Crippen LogP contribution in [0, 0.1) is 12.7 Å². The molecule has 1 aromatic heterocycles. The summed E-state index contributed by atoms with van der Waals surface area (Å²) in [6.45, 7) is 2.36. The lowest BCUT2D eigenvalue weighted by Crippen LogP contribution is -2.39. The van der Waals surface area contributed by atoms with Crippen molar-refractivity contribution in [1.82, 2.24) is 15.2 Å². The number of amides is 3. The summed E-state index contributed by atoms with van der Waals surface area (Å²) in [6.07, 6.45) is 0. The van der Waals surface area contributed by atoms with Gasteiger partial charge in [0.2, 0.25) is 5.91 Å². The lowest BCUT2D eigenvalue weighted by Gasteiger charge is -2.16. The molecule has 0 atom stereocenters. The van der Waals surface area contributed by atoms with Gasteiger partial charge in [0.05, 0.1) is 5.69 Å². The van der Waals surface area contributed by atoms with Crippen LogP contribution in [0.3, 0.4) is 0 Å². The Balaban J connectivity index is 1.56. The first-order valence-electron chi connectivity index (χ1n) is 8.13. The van der Waals surface area contributed by atoms with Gasteiger partial charge in [-0.25, -0.2) is 19.0 Å². The number of urea groups is 1. The zero-order chi connectivity index (χ0) is 19.6. The molecule has 3 amide bonds. The van der Waals surface area contributed by atoms with Crippen LogP contribution in [-0.4, -0.2) is 52.5 Å². The third-order valence-corrected chi connectivity index (χ3v) is 5.21. The molecule has 1 aliphatic heterocycles. The number of carbonyl (C=O) groups is 3. The normalized spacial score (nSPS) is 13.9. The van der Waals surface area contributed by atoms with Crippen molar-refractivity contribution in [3.63, 3.8) is 0 Å². The average molecular weight is 392 g/mol. The van der Waals surface area contributed by atoms with E-state index in [4.69, 9.17) is 5.11 Å². The highest BCUT2D eigenvalue weighted by molar-refractivity contribution is 7.17. The number of aromatic carboxylic acids is 1. The van der Waals surface area contributed by atoms with Crippen molar-refractivity contribution in [3.8, 4) is 0 Å². The summed E-state index contributed by atoms with van der Waals surface area (Å²) in [5, 5.41) is 12.1. The predicted octanol–water partition coefficient (Wildman–Crippen LogP) is 1.85. The molecule has 0 aliphatic carbocycles. The van der Waals surface area contributed by atoms with E-state index in [0.717, 1.165) is 16.9 Å². The van der Waals surface area contributed by atoms with E-state index in [1.807, 2.05) is 0 Å². The Morgan fingerprint density at radius 3 is 2.63 bits per heavy atom. The summed E-state index contributed by atoms with van der Waals surface area (Å²) < 4.78 is 12.9. The zero-order valence-corrected chi connectivity index (χ0v) is 15.3. The third kappa shape index (κ3) is 4.22. The van der Waals surface area contributed by atoms with Crippen molar-refractivity contribution in [2.45, 2.75) is 13.5 Å². The number of nitrogens with one attached hydrogen (secondary N) is 1. The van der Waals surface area contributed by atoms with Crippen molar-refractivity contribution in [2.75, 3.05) is 24.5 Å². The Hall–Kier alpha value is -3.01. The van der Waals surface area contributed by atoms with Gasteiger partial charge >= 0.3 is 12.0 Å². The summed E-state index contributed by atoms with van der Waals surface area (Å²) in [5.41, 5.74) is 1.10. The first-order valence-corrected chi connectivity index (χ1v) is 8.95. The number of carboxylic acids is 1. The molecule has 2 N–H and O–H groups in total. The Morgan fingerprint density at radius 2 is 2.00 bits per heavy atom. The maximum Gasteiger partial charge on any atom is 0.347 e. The van der Waals surface area contributed by atoms with Crippen LogP contribution in [0.15, 0.2) is 24.3 Å². The number of carbonyl (C=O) groups excluding carboxylic acids is 2. The molecule has 142 valence electrons. The molecule has 1 aromatic carbocycles. The molecule has 1 saturated heterocycles. The molecule has 2 heterocycles. The number of aryl methyl sites for hydroxylation is 1. The van der Waals surface area contributed by atoms with Crippen LogP contribution in [0.5, 0.6) is 0 Å². The van der Waals surface area contributed by atoms with E-state index in [0.29, 0.717) is 23.9 Å². The highest BCUT2D eigenvalue weighted by Gasteiger charge is 2.33. The monoisotopic (exact) mass is 392 g/mol. The molecular formula is C17H17FN4O4S. The fraction of sp³-hybridized carbons (Fsp3) is 0.294. The summed E-state index contributed by atoms with van der Waals surface area (Å²) in [4.78, 5) is 42.7. The Kier molecular flexibility index (Phi) is 5.36. The minimum Gasteiger partial charge on any atom is -0.477 e. The van der Waals surface area contributed by atoms with Crippen LogP contribution < -0.4 is 10.2 Å². The average Bonchev–Trinajstić information content (AvgIpc) is 3.18. The van der Waals surface area contributed by atoms with Crippen molar-refractivity contribution >= 4 is 34.4 Å². The molecule has 8 nitrogen and oxygen atoms in total. The number of thiazole rings is 1. The second-order valence-corrected chi connectivity index (χ2v) is 6.95. The van der Waals surface area contributed by atoms with Gasteiger partial charge in [0.15, 0.2) is 5.13 Å². The minimum atomic E-state index is -1.08. The number of anilines is 1. The van der Waals surface area contributed by atoms with Crippen LogP contribution >= 0.6 is 11.3 Å². The molecule has 2 aromatic rings. The standard InChI is InChI=1S/C17H17FN4O4S/c1-10-14(15(24)25)27-16(20-10)22-7-6-21(17(22)26)9-13(23)19-8-11-2-4-12(18)5-3-11/h2-5H,6-9H2,1H3,(H,19,23)(H,24,25). The topological polar surface area (TPSA) is 103 Å². The SMILES string of the molecule is Cc1nc(N2CCN(CC(=O)NCc3ccc(F)cc3)C2=O)sc1C(=O)O. The fourth-order valence-electron chi connectivity index (χ4n) is 2.64. The second kappa shape index (κ2) is 7.70. The van der Waals surface area contributed by atoms with Crippen molar-refractivity contribution in [2.24, 2.45) is 0 Å². The van der Waals surface area contributed by atoms with Crippen LogP contribution in [-0.2, 0) is 11.3 Å². The predicted molar refractivity (Wildman–Crippen MR) is 96.4 cm³/mol. The number of halogens is 1. The molecule has 0 unspecified atom stereocenters. The molecule has 1 aliphatic rings. The number of hydrogen-bond acceptors (Lipinski definition) is 5. The molecule has 0 radical (unpaired) electrons. The smallest absolute Gasteiger partial charge is 0.347 e. The number of carboxylic acid groups (broad SMARTS) is 1. The highest BCUT2D eigenvalue weighted by Crippen LogP contribution is 2.28. The van der Waals surface area contributed by atoms with E-state index in [1.54, 1.807) is 19.1 Å². The molecule has 3 rings (SSSR count). The van der Waals surface area contributed by atoms with Gasteiger partial charge < -0.3 is 15.3 Å². The molecule has 27 heavy (non-hydrogen) atoms. The molecule has 0 spiro atoms. The van der Waals surface area contributed by atoms with Crippen LogP contribution in [0.1, 0.15) is 20.9 Å². The van der Waals surface area contributed by atoms with Gasteiger partial charge in [0.1, 0.15) is 17.2 Å². The van der Waals surface area contributed by atoms with Gasteiger partial charge in [-0.15, -0.1) is 0 Å². The summed E-state index contributed by atoms with van der Waals surface area (Å²) in [7, 11) is 0. The summed E-state index contributed by atoms with van der Waals surface area (Å²) in [5.74, 6) is -1.77. The molecule has 0 saturated carbocycles. The largest absolute Gasteiger partial charge is 0.477 e. The summed E-state index contributed by atoms with van der Waals surface area (Å²) >= 11 is 0.935. The first-order chi connectivity index (χ1) is 12.8. The van der Waals surface area contributed by atoms with Gasteiger partial charge in [-0.3, -0.25) is 9.69 Å². The van der Waals surface area contributed by atoms with Gasteiger partial charge in [-0.1, -0.05) is 23.5 Å². The summed E-state index contributed by atoms with van der Waals surface area (Å²) in [6, 6.07) is 5.37. The minimum absolute atomic E-state index is 0.0910. The lowest BCUT2D eigenvalue weighted by molar-refractivity contribution is -0.121. The maximum atomic E-state index is 12.9. The zero-order valence-electron chi connectivity index (χ0n) is 14.4. The van der Waals surface area contributed by atoms with E-state index >= 15 is 0 Å². The van der Waals surface area contributed by atoms with Gasteiger partial charge in [-0.05, 0) is 24.6 Å².